The Morgan fingerprint density at radius 3 is 2.16 bits per heavy atom. The van der Waals surface area contributed by atoms with Crippen molar-refractivity contribution in [1.29, 1.82) is 0 Å². The number of benzene rings is 1. The number of hydrogen-bond donors (Lipinski definition) is 3. The van der Waals surface area contributed by atoms with Gasteiger partial charge in [0, 0.05) is 19.5 Å². The summed E-state index contributed by atoms with van der Waals surface area (Å²) >= 11 is 0. The molecule has 1 saturated carbocycles. The van der Waals surface area contributed by atoms with Crippen molar-refractivity contribution in [2.75, 3.05) is 19.6 Å². The minimum Gasteiger partial charge on any atom is -0.481 e. The van der Waals surface area contributed by atoms with Gasteiger partial charge in [0.2, 0.25) is 17.7 Å². The SMILES string of the molecule is CC(C)(C)OC(=O)CN(CCN(C(=O)CC(=O)O)[C@@H](Cc1ccccc1)C(N)=O)C(=O)[C@@H](N)CC(=O)OC1CCCCC1. The molecule has 0 radical (unpaired) electrons. The van der Waals surface area contributed by atoms with Crippen LogP contribution < -0.4 is 11.5 Å². The van der Waals surface area contributed by atoms with Crippen LogP contribution in [0.15, 0.2) is 30.3 Å². The number of nitrogens with zero attached hydrogens (tertiary/aromatic N) is 2. The van der Waals surface area contributed by atoms with E-state index in [1.165, 1.54) is 0 Å². The van der Waals surface area contributed by atoms with Gasteiger partial charge in [0.25, 0.3) is 0 Å². The van der Waals surface area contributed by atoms with Crippen molar-refractivity contribution in [1.82, 2.24) is 9.80 Å². The lowest BCUT2D eigenvalue weighted by atomic mass is 9.98. The molecule has 0 aliphatic heterocycles. The van der Waals surface area contributed by atoms with Crippen LogP contribution in [0, 0.1) is 0 Å². The van der Waals surface area contributed by atoms with Crippen LogP contribution in [0.3, 0.4) is 0 Å². The first-order valence-corrected chi connectivity index (χ1v) is 14.5. The van der Waals surface area contributed by atoms with Gasteiger partial charge in [-0.25, -0.2) is 0 Å². The Morgan fingerprint density at radius 2 is 1.60 bits per heavy atom. The number of carbonyl (C=O) groups excluding carboxylic acids is 5. The van der Waals surface area contributed by atoms with Gasteiger partial charge >= 0.3 is 17.9 Å². The molecule has 13 nitrogen and oxygen atoms in total. The van der Waals surface area contributed by atoms with Crippen molar-refractivity contribution >= 4 is 35.6 Å². The fraction of sp³-hybridized carbons (Fsp3) is 0.600. The summed E-state index contributed by atoms with van der Waals surface area (Å²) < 4.78 is 10.8. The van der Waals surface area contributed by atoms with Crippen molar-refractivity contribution in [2.24, 2.45) is 11.5 Å². The number of carboxylic acid groups (broad SMARTS) is 1. The van der Waals surface area contributed by atoms with E-state index in [0.29, 0.717) is 5.56 Å². The quantitative estimate of drug-likeness (QED) is 0.193. The summed E-state index contributed by atoms with van der Waals surface area (Å²) in [4.78, 5) is 77.5. The summed E-state index contributed by atoms with van der Waals surface area (Å²) in [6.07, 6.45) is 2.85. The third kappa shape index (κ3) is 12.8. The fourth-order valence-electron chi connectivity index (χ4n) is 4.83. The summed E-state index contributed by atoms with van der Waals surface area (Å²) in [5.74, 6) is -5.39. The number of primary amides is 1. The standard InChI is InChI=1S/C30H44N4O9/c1-30(2,3)43-27(39)19-33(29(41)22(31)17-26(38)42-21-12-8-5-9-13-21)14-15-34(24(35)18-25(36)37)23(28(32)40)16-20-10-6-4-7-11-20/h4,6-7,10-11,21-23H,5,8-9,12-19,31H2,1-3H3,(H2,32,40)(H,36,37)/t22-,23-/m0/s1. The predicted molar refractivity (Wildman–Crippen MR) is 155 cm³/mol. The smallest absolute Gasteiger partial charge is 0.326 e. The van der Waals surface area contributed by atoms with Gasteiger partial charge in [-0.3, -0.25) is 28.8 Å². The number of nitrogens with two attached hydrogens (primary N) is 2. The molecule has 13 heteroatoms. The van der Waals surface area contributed by atoms with Crippen LogP contribution in [0.25, 0.3) is 0 Å². The van der Waals surface area contributed by atoms with Crippen molar-refractivity contribution in [3.8, 4) is 0 Å². The van der Waals surface area contributed by atoms with E-state index >= 15 is 0 Å². The Labute approximate surface area is 251 Å². The first-order chi connectivity index (χ1) is 20.2. The molecule has 2 rings (SSSR count). The lowest BCUT2D eigenvalue weighted by molar-refractivity contribution is -0.159. The summed E-state index contributed by atoms with van der Waals surface area (Å²) in [5.41, 5.74) is 11.5. The van der Waals surface area contributed by atoms with Gasteiger partial charge in [-0.2, -0.15) is 0 Å². The van der Waals surface area contributed by atoms with Crippen LogP contribution in [-0.2, 0) is 44.7 Å². The molecule has 1 aromatic rings. The van der Waals surface area contributed by atoms with Gasteiger partial charge < -0.3 is 35.8 Å². The van der Waals surface area contributed by atoms with Gasteiger partial charge in [0.1, 0.15) is 30.7 Å². The predicted octanol–water partition coefficient (Wildman–Crippen LogP) is 1.15. The second-order valence-corrected chi connectivity index (χ2v) is 11.7. The van der Waals surface area contributed by atoms with Gasteiger partial charge in [-0.05, 0) is 52.0 Å². The molecule has 0 unspecified atom stereocenters. The van der Waals surface area contributed by atoms with Crippen LogP contribution in [-0.4, -0.2) is 94.0 Å². The zero-order valence-corrected chi connectivity index (χ0v) is 25.2. The number of carboxylic acids is 1. The van der Waals surface area contributed by atoms with Crippen molar-refractivity contribution < 1.29 is 43.3 Å². The molecule has 5 N–H and O–H groups in total. The molecular formula is C30H44N4O9. The average Bonchev–Trinajstić information content (AvgIpc) is 2.90. The average molecular weight is 605 g/mol. The van der Waals surface area contributed by atoms with Gasteiger partial charge in [0.15, 0.2) is 0 Å². The summed E-state index contributed by atoms with van der Waals surface area (Å²) in [7, 11) is 0. The zero-order valence-electron chi connectivity index (χ0n) is 25.2. The molecule has 0 saturated heterocycles. The number of amides is 3. The second kappa shape index (κ2) is 16.6. The van der Waals surface area contributed by atoms with Crippen LogP contribution in [0.2, 0.25) is 0 Å². The number of aliphatic carboxylic acids is 1. The number of esters is 2. The van der Waals surface area contributed by atoms with Crippen molar-refractivity contribution in [3.63, 3.8) is 0 Å². The number of hydrogen-bond acceptors (Lipinski definition) is 9. The highest BCUT2D eigenvalue weighted by Gasteiger charge is 2.33. The molecule has 0 spiro atoms. The molecule has 43 heavy (non-hydrogen) atoms. The highest BCUT2D eigenvalue weighted by atomic mass is 16.6. The molecule has 0 bridgehead atoms. The highest BCUT2D eigenvalue weighted by Crippen LogP contribution is 2.21. The van der Waals surface area contributed by atoms with E-state index in [4.69, 9.17) is 20.9 Å². The maximum atomic E-state index is 13.4. The molecule has 1 aliphatic carbocycles. The Balaban J connectivity index is 2.26. The second-order valence-electron chi connectivity index (χ2n) is 11.7. The largest absolute Gasteiger partial charge is 0.481 e. The molecule has 2 atom stereocenters. The first kappa shape index (κ1) is 35.2. The highest BCUT2D eigenvalue weighted by molar-refractivity contribution is 5.96. The van der Waals surface area contributed by atoms with E-state index in [9.17, 15) is 33.9 Å². The molecule has 0 heterocycles. The third-order valence-corrected chi connectivity index (χ3v) is 6.82. The third-order valence-electron chi connectivity index (χ3n) is 6.82. The van der Waals surface area contributed by atoms with Crippen molar-refractivity contribution in [3.05, 3.63) is 35.9 Å². The molecule has 238 valence electrons. The lowest BCUT2D eigenvalue weighted by Gasteiger charge is -2.33. The topological polar surface area (TPSA) is 200 Å². The molecular weight excluding hydrogens is 560 g/mol. The van der Waals surface area contributed by atoms with E-state index in [-0.39, 0.29) is 25.6 Å². The van der Waals surface area contributed by atoms with Crippen molar-refractivity contribution in [2.45, 2.75) is 95.9 Å². The molecule has 1 aromatic carbocycles. The van der Waals surface area contributed by atoms with Crippen LogP contribution in [0.4, 0.5) is 0 Å². The van der Waals surface area contributed by atoms with Gasteiger partial charge in [-0.1, -0.05) is 36.8 Å². The molecule has 3 amide bonds. The van der Waals surface area contributed by atoms with E-state index in [1.54, 1.807) is 51.1 Å². The van der Waals surface area contributed by atoms with Crippen LogP contribution >= 0.6 is 0 Å². The maximum Gasteiger partial charge on any atom is 0.326 e. The molecule has 0 aromatic heterocycles. The van der Waals surface area contributed by atoms with E-state index in [1.807, 2.05) is 0 Å². The summed E-state index contributed by atoms with van der Waals surface area (Å²) in [6, 6.07) is 6.07. The zero-order chi connectivity index (χ0) is 32.2. The molecule has 1 fully saturated rings. The lowest BCUT2D eigenvalue weighted by Crippen LogP contribution is -2.54. The summed E-state index contributed by atoms with van der Waals surface area (Å²) in [6.45, 7) is 3.71. The molecule has 1 aliphatic rings. The minimum absolute atomic E-state index is 0.00589. The number of rotatable bonds is 15. The minimum atomic E-state index is -1.42. The van der Waals surface area contributed by atoms with E-state index in [2.05, 4.69) is 0 Å². The Bertz CT molecular complexity index is 1130. The van der Waals surface area contributed by atoms with Crippen LogP contribution in [0.1, 0.15) is 71.3 Å². The fourth-order valence-corrected chi connectivity index (χ4v) is 4.83. The maximum absolute atomic E-state index is 13.4. The van der Waals surface area contributed by atoms with Gasteiger partial charge in [-0.15, -0.1) is 0 Å². The normalized spacial score (nSPS) is 15.1. The number of ether oxygens (including phenoxy) is 2. The Hall–Kier alpha value is -4.00. The Morgan fingerprint density at radius 1 is 0.977 bits per heavy atom. The number of carbonyl (C=O) groups is 6. The van der Waals surface area contributed by atoms with Gasteiger partial charge in [0.05, 0.1) is 12.5 Å². The summed E-state index contributed by atoms with van der Waals surface area (Å²) in [5, 5.41) is 9.26. The van der Waals surface area contributed by atoms with E-state index in [0.717, 1.165) is 41.9 Å². The monoisotopic (exact) mass is 604 g/mol. The van der Waals surface area contributed by atoms with Crippen LogP contribution in [0.5, 0.6) is 0 Å². The van der Waals surface area contributed by atoms with E-state index < -0.39 is 72.7 Å². The Kier molecular flexibility index (Phi) is 13.6. The first-order valence-electron chi connectivity index (χ1n) is 14.5.